The zero-order valence-corrected chi connectivity index (χ0v) is 13.8. The summed E-state index contributed by atoms with van der Waals surface area (Å²) in [5, 5.41) is 13.5. The van der Waals surface area contributed by atoms with Crippen LogP contribution in [0.1, 0.15) is 39.5 Å². The van der Waals surface area contributed by atoms with Crippen molar-refractivity contribution in [3.05, 3.63) is 0 Å². The van der Waals surface area contributed by atoms with Gasteiger partial charge in [-0.2, -0.15) is 0 Å². The van der Waals surface area contributed by atoms with Gasteiger partial charge < -0.3 is 20.1 Å². The van der Waals surface area contributed by atoms with Crippen molar-refractivity contribution in [2.24, 2.45) is 11.3 Å². The lowest BCUT2D eigenvalue weighted by atomic mass is 9.85. The van der Waals surface area contributed by atoms with Gasteiger partial charge in [-0.1, -0.05) is 26.7 Å². The molecule has 1 rings (SSSR count). The third-order valence-electron chi connectivity index (χ3n) is 4.20. The van der Waals surface area contributed by atoms with Gasteiger partial charge in [0, 0.05) is 26.7 Å². The van der Waals surface area contributed by atoms with Crippen LogP contribution in [0.15, 0.2) is 0 Å². The second-order valence-corrected chi connectivity index (χ2v) is 7.04. The van der Waals surface area contributed by atoms with E-state index in [0.717, 1.165) is 19.6 Å². The van der Waals surface area contributed by atoms with Crippen LogP contribution in [0.3, 0.4) is 0 Å². The van der Waals surface area contributed by atoms with Crippen molar-refractivity contribution in [1.29, 1.82) is 0 Å². The van der Waals surface area contributed by atoms with Gasteiger partial charge in [0.15, 0.2) is 0 Å². The van der Waals surface area contributed by atoms with Crippen molar-refractivity contribution in [2.45, 2.75) is 45.6 Å². The van der Waals surface area contributed by atoms with Crippen LogP contribution < -0.4 is 5.32 Å². The first-order valence-corrected chi connectivity index (χ1v) is 8.04. The van der Waals surface area contributed by atoms with Gasteiger partial charge in [0.2, 0.25) is 0 Å². The number of hydrogen-bond acceptors (Lipinski definition) is 4. The smallest absolute Gasteiger partial charge is 0.0899 e. The first-order valence-electron chi connectivity index (χ1n) is 8.04. The van der Waals surface area contributed by atoms with E-state index >= 15 is 0 Å². The molecule has 1 atom stereocenters. The first kappa shape index (κ1) is 17.9. The lowest BCUT2D eigenvalue weighted by Crippen LogP contribution is -2.44. The Morgan fingerprint density at radius 1 is 1.30 bits per heavy atom. The highest BCUT2D eigenvalue weighted by atomic mass is 16.5. The third-order valence-corrected chi connectivity index (χ3v) is 4.20. The maximum absolute atomic E-state index is 9.84. The van der Waals surface area contributed by atoms with Crippen molar-refractivity contribution < 1.29 is 9.84 Å². The average molecular weight is 286 g/mol. The molecule has 0 aromatic heterocycles. The number of likely N-dealkylation sites (N-methyl/N-ethyl adjacent to an activating group) is 1. The molecule has 0 amide bonds. The number of aliphatic hydroxyl groups excluding tert-OH is 1. The second kappa shape index (κ2) is 8.98. The molecule has 0 aromatic rings. The molecule has 120 valence electrons. The minimum atomic E-state index is -0.382. The standard InChI is InChI=1S/C16H34N2O2/c1-14(2)9-17-12-16(7-5-6-8-16)13-18(3)10-15(19)11-20-4/h14-15,17,19H,5-13H2,1-4H3. The number of methoxy groups -OCH3 is 1. The van der Waals surface area contributed by atoms with E-state index in [0.29, 0.717) is 24.5 Å². The molecule has 0 saturated heterocycles. The fourth-order valence-corrected chi connectivity index (χ4v) is 3.38. The van der Waals surface area contributed by atoms with Crippen LogP contribution in [-0.4, -0.2) is 63.1 Å². The second-order valence-electron chi connectivity index (χ2n) is 7.04. The molecule has 0 radical (unpaired) electrons. The van der Waals surface area contributed by atoms with E-state index in [9.17, 15) is 5.11 Å². The predicted molar refractivity (Wildman–Crippen MR) is 84.0 cm³/mol. The summed E-state index contributed by atoms with van der Waals surface area (Å²) in [5.41, 5.74) is 0.399. The summed E-state index contributed by atoms with van der Waals surface area (Å²) in [7, 11) is 3.75. The van der Waals surface area contributed by atoms with Crippen molar-refractivity contribution in [3.63, 3.8) is 0 Å². The topological polar surface area (TPSA) is 44.7 Å². The first-order chi connectivity index (χ1) is 9.47. The highest BCUT2D eigenvalue weighted by Crippen LogP contribution is 2.38. The highest BCUT2D eigenvalue weighted by molar-refractivity contribution is 4.89. The Morgan fingerprint density at radius 3 is 2.50 bits per heavy atom. The molecular weight excluding hydrogens is 252 g/mol. The Bertz CT molecular complexity index is 253. The van der Waals surface area contributed by atoms with Crippen LogP contribution in [0.25, 0.3) is 0 Å². The number of nitrogens with one attached hydrogen (secondary N) is 1. The molecule has 0 heterocycles. The maximum atomic E-state index is 9.84. The van der Waals surface area contributed by atoms with Crippen LogP contribution in [0.2, 0.25) is 0 Å². The monoisotopic (exact) mass is 286 g/mol. The molecule has 0 aliphatic heterocycles. The molecule has 20 heavy (non-hydrogen) atoms. The summed E-state index contributed by atoms with van der Waals surface area (Å²) >= 11 is 0. The molecular formula is C16H34N2O2. The number of aliphatic hydroxyl groups is 1. The molecule has 1 aliphatic carbocycles. The van der Waals surface area contributed by atoms with E-state index in [4.69, 9.17) is 4.74 Å². The van der Waals surface area contributed by atoms with Gasteiger partial charge in [0.1, 0.15) is 0 Å². The van der Waals surface area contributed by atoms with Crippen molar-refractivity contribution in [2.75, 3.05) is 46.9 Å². The van der Waals surface area contributed by atoms with Gasteiger partial charge in [-0.05, 0) is 37.8 Å². The molecule has 4 nitrogen and oxygen atoms in total. The van der Waals surface area contributed by atoms with Crippen LogP contribution in [-0.2, 0) is 4.74 Å². The number of rotatable bonds is 10. The van der Waals surface area contributed by atoms with Gasteiger partial charge in [0.05, 0.1) is 12.7 Å². The molecule has 1 unspecified atom stereocenters. The highest BCUT2D eigenvalue weighted by Gasteiger charge is 2.34. The minimum Gasteiger partial charge on any atom is -0.389 e. The molecule has 0 aromatic carbocycles. The molecule has 2 N–H and O–H groups in total. The molecule has 4 heteroatoms. The SMILES string of the molecule is COCC(O)CN(C)CC1(CNCC(C)C)CCCC1. The van der Waals surface area contributed by atoms with Gasteiger partial charge in [-0.3, -0.25) is 0 Å². The average Bonchev–Trinajstić information content (AvgIpc) is 2.77. The Balaban J connectivity index is 2.40. The van der Waals surface area contributed by atoms with E-state index in [1.165, 1.54) is 25.7 Å². The van der Waals surface area contributed by atoms with E-state index in [-0.39, 0.29) is 6.10 Å². The van der Waals surface area contributed by atoms with Crippen molar-refractivity contribution in [1.82, 2.24) is 10.2 Å². The Labute approximate surface area is 124 Å². The summed E-state index contributed by atoms with van der Waals surface area (Å²) in [5.74, 6) is 0.703. The van der Waals surface area contributed by atoms with E-state index in [2.05, 4.69) is 31.1 Å². The molecule has 1 saturated carbocycles. The largest absolute Gasteiger partial charge is 0.389 e. The molecule has 0 spiro atoms. The molecule has 1 fully saturated rings. The summed E-state index contributed by atoms with van der Waals surface area (Å²) in [4.78, 5) is 2.27. The zero-order chi connectivity index (χ0) is 15.0. The fraction of sp³-hybridized carbons (Fsp3) is 1.00. The summed E-state index contributed by atoms with van der Waals surface area (Å²) in [6, 6.07) is 0. The van der Waals surface area contributed by atoms with Gasteiger partial charge >= 0.3 is 0 Å². The zero-order valence-electron chi connectivity index (χ0n) is 13.8. The van der Waals surface area contributed by atoms with Crippen LogP contribution in [0.4, 0.5) is 0 Å². The predicted octanol–water partition coefficient (Wildman–Crippen LogP) is 1.73. The fourth-order valence-electron chi connectivity index (χ4n) is 3.38. The van der Waals surface area contributed by atoms with Gasteiger partial charge in [0.25, 0.3) is 0 Å². The molecule has 0 bridgehead atoms. The summed E-state index contributed by atoms with van der Waals surface area (Å²) in [6.07, 6.45) is 4.92. The van der Waals surface area contributed by atoms with E-state index in [1.807, 2.05) is 0 Å². The quantitative estimate of drug-likeness (QED) is 0.642. The Hall–Kier alpha value is -0.160. The molecule has 1 aliphatic rings. The van der Waals surface area contributed by atoms with Crippen LogP contribution in [0, 0.1) is 11.3 Å². The van der Waals surface area contributed by atoms with E-state index < -0.39 is 0 Å². The summed E-state index contributed by atoms with van der Waals surface area (Å²) in [6.45, 7) is 8.89. The minimum absolute atomic E-state index is 0.382. The van der Waals surface area contributed by atoms with Crippen molar-refractivity contribution in [3.8, 4) is 0 Å². The van der Waals surface area contributed by atoms with Gasteiger partial charge in [-0.25, -0.2) is 0 Å². The summed E-state index contributed by atoms with van der Waals surface area (Å²) < 4.78 is 5.00. The lowest BCUT2D eigenvalue weighted by molar-refractivity contribution is 0.0335. The van der Waals surface area contributed by atoms with Crippen molar-refractivity contribution >= 4 is 0 Å². The number of nitrogens with zero attached hydrogens (tertiary/aromatic N) is 1. The normalized spacial score (nSPS) is 19.9. The third kappa shape index (κ3) is 6.53. The Kier molecular flexibility index (Phi) is 8.03. The maximum Gasteiger partial charge on any atom is 0.0899 e. The lowest BCUT2D eigenvalue weighted by Gasteiger charge is -2.35. The van der Waals surface area contributed by atoms with E-state index in [1.54, 1.807) is 7.11 Å². The van der Waals surface area contributed by atoms with Crippen LogP contribution in [0.5, 0.6) is 0 Å². The van der Waals surface area contributed by atoms with Gasteiger partial charge in [-0.15, -0.1) is 0 Å². The number of hydrogen-bond donors (Lipinski definition) is 2. The van der Waals surface area contributed by atoms with Crippen LogP contribution >= 0.6 is 0 Å². The Morgan fingerprint density at radius 2 is 1.95 bits per heavy atom. The number of ether oxygens (including phenoxy) is 1.